The highest BCUT2D eigenvalue weighted by molar-refractivity contribution is 7.99. The van der Waals surface area contributed by atoms with Crippen LogP contribution in [0.25, 0.3) is 0 Å². The predicted octanol–water partition coefficient (Wildman–Crippen LogP) is 2.00. The van der Waals surface area contributed by atoms with E-state index in [0.29, 0.717) is 11.5 Å². The van der Waals surface area contributed by atoms with E-state index in [-0.39, 0.29) is 12.2 Å². The van der Waals surface area contributed by atoms with Gasteiger partial charge in [-0.1, -0.05) is 0 Å². The molecule has 1 heterocycles. The van der Waals surface area contributed by atoms with Crippen LogP contribution in [0.3, 0.4) is 0 Å². The summed E-state index contributed by atoms with van der Waals surface area (Å²) in [5.41, 5.74) is 0.0799. The number of anilines is 1. The van der Waals surface area contributed by atoms with Gasteiger partial charge in [0.1, 0.15) is 6.04 Å². The predicted molar refractivity (Wildman–Crippen MR) is 70.8 cm³/mol. The molecule has 0 aliphatic carbocycles. The topological polar surface area (TPSA) is 69.6 Å². The summed E-state index contributed by atoms with van der Waals surface area (Å²) in [5, 5.41) is 11.4. The maximum absolute atomic E-state index is 13.0. The van der Waals surface area contributed by atoms with Gasteiger partial charge in [0.05, 0.1) is 0 Å². The van der Waals surface area contributed by atoms with E-state index in [1.807, 2.05) is 0 Å². The van der Waals surface area contributed by atoms with Gasteiger partial charge in [-0.3, -0.25) is 0 Å². The molecule has 2 N–H and O–H groups in total. The van der Waals surface area contributed by atoms with Crippen molar-refractivity contribution in [2.45, 2.75) is 6.04 Å². The van der Waals surface area contributed by atoms with Crippen molar-refractivity contribution in [2.75, 3.05) is 23.4 Å². The number of carbonyl (C=O) groups excluding carboxylic acids is 1. The van der Waals surface area contributed by atoms with E-state index in [9.17, 15) is 18.4 Å². The van der Waals surface area contributed by atoms with Crippen molar-refractivity contribution in [3.05, 3.63) is 29.8 Å². The fourth-order valence-corrected chi connectivity index (χ4v) is 2.86. The number of urea groups is 1. The van der Waals surface area contributed by atoms with Crippen LogP contribution in [0.15, 0.2) is 18.2 Å². The maximum Gasteiger partial charge on any atom is 0.327 e. The van der Waals surface area contributed by atoms with Gasteiger partial charge in [0.2, 0.25) is 0 Å². The second kappa shape index (κ2) is 6.08. The molecule has 1 aromatic carbocycles. The molecular weight excluding hydrogens is 290 g/mol. The second-order valence-corrected chi connectivity index (χ2v) is 5.33. The van der Waals surface area contributed by atoms with Crippen LogP contribution in [-0.4, -0.2) is 46.1 Å². The highest BCUT2D eigenvalue weighted by atomic mass is 32.2. The summed E-state index contributed by atoms with van der Waals surface area (Å²) < 4.78 is 25.8. The van der Waals surface area contributed by atoms with Crippen LogP contribution in [0, 0.1) is 11.6 Å². The highest BCUT2D eigenvalue weighted by Gasteiger charge is 2.32. The number of hydrogen-bond donors (Lipinski definition) is 2. The average Bonchev–Trinajstić information content (AvgIpc) is 2.43. The Morgan fingerprint density at radius 2 is 2.10 bits per heavy atom. The first-order valence-electron chi connectivity index (χ1n) is 5.82. The van der Waals surface area contributed by atoms with Crippen molar-refractivity contribution in [1.29, 1.82) is 0 Å². The number of carboxylic acid groups (broad SMARTS) is 1. The van der Waals surface area contributed by atoms with Gasteiger partial charge >= 0.3 is 12.0 Å². The summed E-state index contributed by atoms with van der Waals surface area (Å²) in [6, 6.07) is 1.40. The average molecular weight is 302 g/mol. The number of nitrogens with zero attached hydrogens (tertiary/aromatic N) is 1. The highest BCUT2D eigenvalue weighted by Crippen LogP contribution is 2.19. The molecule has 5 nitrogen and oxygen atoms in total. The molecule has 20 heavy (non-hydrogen) atoms. The van der Waals surface area contributed by atoms with Crippen LogP contribution in [0.4, 0.5) is 19.3 Å². The SMILES string of the molecule is O=C(O)C1CSCCN1C(=O)Nc1ccc(F)c(F)c1. The fraction of sp³-hybridized carbons (Fsp3) is 0.333. The number of nitrogens with one attached hydrogen (secondary N) is 1. The monoisotopic (exact) mass is 302 g/mol. The number of rotatable bonds is 2. The molecular formula is C12H12F2N2O3S. The van der Waals surface area contributed by atoms with E-state index in [1.165, 1.54) is 22.7 Å². The largest absolute Gasteiger partial charge is 0.480 e. The van der Waals surface area contributed by atoms with E-state index in [4.69, 9.17) is 5.11 Å². The minimum atomic E-state index is -1.09. The van der Waals surface area contributed by atoms with E-state index in [0.717, 1.165) is 12.1 Å². The number of thioether (sulfide) groups is 1. The number of amides is 2. The van der Waals surface area contributed by atoms with Crippen molar-refractivity contribution in [3.8, 4) is 0 Å². The Hall–Kier alpha value is -1.83. The Morgan fingerprint density at radius 3 is 2.75 bits per heavy atom. The Morgan fingerprint density at radius 1 is 1.35 bits per heavy atom. The molecule has 0 saturated carbocycles. The number of halogens is 2. The lowest BCUT2D eigenvalue weighted by molar-refractivity contribution is -0.141. The van der Waals surface area contributed by atoms with Crippen molar-refractivity contribution in [1.82, 2.24) is 4.90 Å². The van der Waals surface area contributed by atoms with Crippen molar-refractivity contribution in [3.63, 3.8) is 0 Å². The third-order valence-corrected chi connectivity index (χ3v) is 3.87. The molecule has 0 spiro atoms. The molecule has 0 bridgehead atoms. The number of carbonyl (C=O) groups is 2. The van der Waals surface area contributed by atoms with Crippen molar-refractivity contribution >= 4 is 29.4 Å². The molecule has 0 radical (unpaired) electrons. The molecule has 2 amide bonds. The van der Waals surface area contributed by atoms with Crippen molar-refractivity contribution < 1.29 is 23.5 Å². The zero-order chi connectivity index (χ0) is 14.7. The van der Waals surface area contributed by atoms with Gasteiger partial charge < -0.3 is 15.3 Å². The number of carboxylic acids is 1. The molecule has 1 saturated heterocycles. The Balaban J connectivity index is 2.09. The van der Waals surface area contributed by atoms with Gasteiger partial charge in [0, 0.05) is 29.8 Å². The summed E-state index contributed by atoms with van der Waals surface area (Å²) in [6.45, 7) is 0.289. The third kappa shape index (κ3) is 3.19. The first-order valence-corrected chi connectivity index (χ1v) is 6.97. The zero-order valence-electron chi connectivity index (χ0n) is 10.3. The quantitative estimate of drug-likeness (QED) is 0.876. The fourth-order valence-electron chi connectivity index (χ4n) is 1.82. The summed E-state index contributed by atoms with van der Waals surface area (Å²) in [5.74, 6) is -2.24. The Kier molecular flexibility index (Phi) is 4.43. The van der Waals surface area contributed by atoms with Gasteiger partial charge in [-0.2, -0.15) is 11.8 Å². The lowest BCUT2D eigenvalue weighted by Crippen LogP contribution is -2.51. The molecule has 0 aromatic heterocycles. The molecule has 1 atom stereocenters. The Labute approximate surface area is 117 Å². The lowest BCUT2D eigenvalue weighted by Gasteiger charge is -2.32. The molecule has 1 aromatic rings. The molecule has 8 heteroatoms. The first-order chi connectivity index (χ1) is 9.49. The first kappa shape index (κ1) is 14.6. The van der Waals surface area contributed by atoms with E-state index in [1.54, 1.807) is 0 Å². The smallest absolute Gasteiger partial charge is 0.327 e. The van der Waals surface area contributed by atoms with Gasteiger partial charge in [0.15, 0.2) is 11.6 Å². The summed E-state index contributed by atoms with van der Waals surface area (Å²) in [4.78, 5) is 24.3. The summed E-state index contributed by atoms with van der Waals surface area (Å²) in [7, 11) is 0. The maximum atomic E-state index is 13.0. The minimum Gasteiger partial charge on any atom is -0.480 e. The standard InChI is InChI=1S/C12H12F2N2O3S/c13-8-2-1-7(5-9(8)14)15-12(19)16-3-4-20-6-10(16)11(17)18/h1-2,5,10H,3-4,6H2,(H,15,19)(H,17,18). The normalized spacial score (nSPS) is 18.7. The molecule has 1 aliphatic heterocycles. The third-order valence-electron chi connectivity index (χ3n) is 2.85. The van der Waals surface area contributed by atoms with Crippen LogP contribution in [0.2, 0.25) is 0 Å². The van der Waals surface area contributed by atoms with Crippen LogP contribution in [0.5, 0.6) is 0 Å². The van der Waals surface area contributed by atoms with Gasteiger partial charge in [0.25, 0.3) is 0 Å². The van der Waals surface area contributed by atoms with Crippen LogP contribution < -0.4 is 5.32 Å². The van der Waals surface area contributed by atoms with Crippen LogP contribution in [-0.2, 0) is 4.79 Å². The molecule has 1 fully saturated rings. The van der Waals surface area contributed by atoms with Crippen molar-refractivity contribution in [2.24, 2.45) is 0 Å². The van der Waals surface area contributed by atoms with E-state index < -0.39 is 29.7 Å². The molecule has 1 unspecified atom stereocenters. The van der Waals surface area contributed by atoms with Gasteiger partial charge in [-0.05, 0) is 12.1 Å². The summed E-state index contributed by atoms with van der Waals surface area (Å²) >= 11 is 1.45. The minimum absolute atomic E-state index is 0.0799. The van der Waals surface area contributed by atoms with Crippen LogP contribution >= 0.6 is 11.8 Å². The van der Waals surface area contributed by atoms with E-state index >= 15 is 0 Å². The number of benzene rings is 1. The zero-order valence-corrected chi connectivity index (χ0v) is 11.1. The van der Waals surface area contributed by atoms with Gasteiger partial charge in [-0.15, -0.1) is 0 Å². The Bertz CT molecular complexity index is 541. The lowest BCUT2D eigenvalue weighted by atomic mass is 10.2. The molecule has 1 aliphatic rings. The van der Waals surface area contributed by atoms with Crippen LogP contribution in [0.1, 0.15) is 0 Å². The van der Waals surface area contributed by atoms with Gasteiger partial charge in [-0.25, -0.2) is 18.4 Å². The van der Waals surface area contributed by atoms with E-state index in [2.05, 4.69) is 5.32 Å². The summed E-state index contributed by atoms with van der Waals surface area (Å²) in [6.07, 6.45) is 0. The molecule has 2 rings (SSSR count). The number of aliphatic carboxylic acids is 1. The second-order valence-electron chi connectivity index (χ2n) is 4.18. The number of hydrogen-bond acceptors (Lipinski definition) is 3. The molecule has 108 valence electrons.